The molecule has 0 amide bonds. The van der Waals surface area contributed by atoms with Gasteiger partial charge in [-0.25, -0.2) is 0 Å². The summed E-state index contributed by atoms with van der Waals surface area (Å²) < 4.78 is 4.91. The highest BCUT2D eigenvalue weighted by Crippen LogP contribution is 2.42. The summed E-state index contributed by atoms with van der Waals surface area (Å²) in [4.78, 5) is 2.37. The topological polar surface area (TPSA) is 13.1 Å². The molecule has 0 aliphatic rings. The Hall–Kier alpha value is -6.32. The van der Waals surface area contributed by atoms with Crippen LogP contribution in [-0.4, -0.2) is 9.13 Å². The maximum Gasteiger partial charge on any atom is 0.0788 e. The average Bonchev–Trinajstić information content (AvgIpc) is 3.75. The first kappa shape index (κ1) is 34.4. The number of rotatable bonds is 6. The zero-order chi connectivity index (χ0) is 37.9. The van der Waals surface area contributed by atoms with E-state index in [0.717, 1.165) is 28.4 Å². The van der Waals surface area contributed by atoms with Crippen LogP contribution in [0.3, 0.4) is 0 Å². The first-order chi connectivity index (χ1) is 26.6. The third-order valence-electron chi connectivity index (χ3n) is 11.0. The van der Waals surface area contributed by atoms with Crippen LogP contribution in [0.4, 0.5) is 17.1 Å². The number of nitrogens with zero attached hydrogens (tertiary/aromatic N) is 3. The molecule has 0 bridgehead atoms. The van der Waals surface area contributed by atoms with Crippen molar-refractivity contribution in [3.05, 3.63) is 187 Å². The first-order valence-corrected chi connectivity index (χ1v) is 19.4. The first-order valence-electron chi connectivity index (χ1n) is 19.4. The second-order valence-electron chi connectivity index (χ2n) is 16.8. The fraction of sp³-hybridized carbons (Fsp3) is 0.154. The number of hydrogen-bond acceptors (Lipinski definition) is 1. The Morgan fingerprint density at radius 1 is 0.400 bits per heavy atom. The summed E-state index contributed by atoms with van der Waals surface area (Å²) in [5.41, 5.74) is 14.4. The van der Waals surface area contributed by atoms with Crippen LogP contribution in [0.5, 0.6) is 0 Å². The molecule has 9 rings (SSSR count). The van der Waals surface area contributed by atoms with E-state index in [1.165, 1.54) is 55.1 Å². The molecule has 3 heteroatoms. The zero-order valence-electron chi connectivity index (χ0n) is 32.6. The molecular formula is C52H47N3. The number of anilines is 3. The van der Waals surface area contributed by atoms with E-state index in [-0.39, 0.29) is 10.8 Å². The normalized spacial score (nSPS) is 12.2. The van der Waals surface area contributed by atoms with Crippen molar-refractivity contribution >= 4 is 49.8 Å². The maximum atomic E-state index is 2.46. The second-order valence-corrected chi connectivity index (χ2v) is 16.8. The number of benzene rings is 7. The summed E-state index contributed by atoms with van der Waals surface area (Å²) in [7, 11) is 0. The van der Waals surface area contributed by atoms with Gasteiger partial charge in [0.15, 0.2) is 0 Å². The lowest BCUT2D eigenvalue weighted by atomic mass is 9.86. The van der Waals surface area contributed by atoms with Crippen molar-refractivity contribution in [3.63, 3.8) is 0 Å². The third kappa shape index (κ3) is 6.10. The van der Waals surface area contributed by atoms with E-state index in [4.69, 9.17) is 0 Å². The second kappa shape index (κ2) is 13.2. The molecule has 7 aromatic carbocycles. The Morgan fingerprint density at radius 3 is 1.45 bits per heavy atom. The lowest BCUT2D eigenvalue weighted by Crippen LogP contribution is -2.14. The van der Waals surface area contributed by atoms with Gasteiger partial charge in [0, 0.05) is 44.6 Å². The monoisotopic (exact) mass is 713 g/mol. The Balaban J connectivity index is 1.25. The maximum absolute atomic E-state index is 2.46. The van der Waals surface area contributed by atoms with Crippen molar-refractivity contribution in [1.82, 2.24) is 9.13 Å². The molecule has 0 atom stereocenters. The van der Waals surface area contributed by atoms with Gasteiger partial charge in [-0.15, -0.1) is 0 Å². The quantitative estimate of drug-likeness (QED) is 0.167. The fourth-order valence-corrected chi connectivity index (χ4v) is 8.09. The molecule has 0 unspecified atom stereocenters. The van der Waals surface area contributed by atoms with Crippen molar-refractivity contribution in [2.24, 2.45) is 0 Å². The number of fused-ring (bicyclic) bond motifs is 5. The van der Waals surface area contributed by atoms with Crippen LogP contribution < -0.4 is 4.90 Å². The molecular weight excluding hydrogens is 667 g/mol. The Bertz CT molecular complexity index is 2710. The SMILES string of the molecule is CC(C)(C)c1ccc(N(c2ccc(-n3c4ccccc4c4ccc5cc(-c6ccccc6)n(-c6ccccc6)c5c43)cc2)c2ccc(C(C)(C)C)cc2)cc1. The summed E-state index contributed by atoms with van der Waals surface area (Å²) in [5, 5.41) is 3.69. The molecule has 3 nitrogen and oxygen atoms in total. The lowest BCUT2D eigenvalue weighted by Gasteiger charge is -2.28. The Kier molecular flexibility index (Phi) is 8.27. The number of hydrogen-bond donors (Lipinski definition) is 0. The van der Waals surface area contributed by atoms with E-state index in [2.05, 4.69) is 232 Å². The minimum absolute atomic E-state index is 0.0787. The largest absolute Gasteiger partial charge is 0.311 e. The summed E-state index contributed by atoms with van der Waals surface area (Å²) in [5.74, 6) is 0. The minimum atomic E-state index is 0.0787. The molecule has 2 aromatic heterocycles. The van der Waals surface area contributed by atoms with Crippen LogP contribution in [0.2, 0.25) is 0 Å². The van der Waals surface area contributed by atoms with Gasteiger partial charge in [0.2, 0.25) is 0 Å². The standard InChI is InChI=1S/C52H47N3/c1-51(2,3)38-22-26-41(27-23-38)53(42-28-24-39(25-29-42)52(4,5)6)43-30-32-44(33-31-43)54-47-20-14-13-19-45(47)46-34-21-37-35-48(36-15-9-7-10-16-36)55(49(37)50(46)54)40-17-11-8-12-18-40/h7-35H,1-6H3. The van der Waals surface area contributed by atoms with E-state index in [1.54, 1.807) is 0 Å². The van der Waals surface area contributed by atoms with Gasteiger partial charge in [-0.3, -0.25) is 0 Å². The molecule has 9 aromatic rings. The van der Waals surface area contributed by atoms with Gasteiger partial charge in [-0.05, 0) is 100 Å². The predicted octanol–water partition coefficient (Wildman–Crippen LogP) is 14.5. The van der Waals surface area contributed by atoms with Crippen molar-refractivity contribution in [1.29, 1.82) is 0 Å². The van der Waals surface area contributed by atoms with Gasteiger partial charge < -0.3 is 14.0 Å². The average molecular weight is 714 g/mol. The Morgan fingerprint density at radius 2 is 0.891 bits per heavy atom. The van der Waals surface area contributed by atoms with Crippen LogP contribution >= 0.6 is 0 Å². The van der Waals surface area contributed by atoms with E-state index in [1.807, 2.05) is 0 Å². The molecule has 2 heterocycles. The molecule has 0 aliphatic heterocycles. The number of para-hydroxylation sites is 2. The van der Waals surface area contributed by atoms with Crippen molar-refractivity contribution in [2.75, 3.05) is 4.90 Å². The van der Waals surface area contributed by atoms with E-state index < -0.39 is 0 Å². The number of aromatic nitrogens is 2. The summed E-state index contributed by atoms with van der Waals surface area (Å²) in [6.45, 7) is 13.6. The highest BCUT2D eigenvalue weighted by molar-refractivity contribution is 6.19. The zero-order valence-corrected chi connectivity index (χ0v) is 32.6. The van der Waals surface area contributed by atoms with Crippen molar-refractivity contribution in [2.45, 2.75) is 52.4 Å². The van der Waals surface area contributed by atoms with Crippen LogP contribution in [0.1, 0.15) is 52.7 Å². The Labute approximate surface area is 324 Å². The van der Waals surface area contributed by atoms with Gasteiger partial charge in [0.05, 0.1) is 22.2 Å². The van der Waals surface area contributed by atoms with Gasteiger partial charge in [-0.2, -0.15) is 0 Å². The predicted molar refractivity (Wildman–Crippen MR) is 235 cm³/mol. The summed E-state index contributed by atoms with van der Waals surface area (Å²) in [6.07, 6.45) is 0. The van der Waals surface area contributed by atoms with Gasteiger partial charge in [0.25, 0.3) is 0 Å². The molecule has 0 spiro atoms. The summed E-state index contributed by atoms with van der Waals surface area (Å²) in [6, 6.07) is 64.5. The lowest BCUT2D eigenvalue weighted by molar-refractivity contribution is 0.590. The molecule has 270 valence electrons. The highest BCUT2D eigenvalue weighted by Gasteiger charge is 2.22. The van der Waals surface area contributed by atoms with Crippen LogP contribution in [0, 0.1) is 0 Å². The van der Waals surface area contributed by atoms with E-state index >= 15 is 0 Å². The molecule has 0 fully saturated rings. The van der Waals surface area contributed by atoms with Crippen molar-refractivity contribution in [3.8, 4) is 22.6 Å². The molecule has 0 N–H and O–H groups in total. The third-order valence-corrected chi connectivity index (χ3v) is 11.0. The molecule has 0 radical (unpaired) electrons. The van der Waals surface area contributed by atoms with Crippen molar-refractivity contribution < 1.29 is 0 Å². The minimum Gasteiger partial charge on any atom is -0.311 e. The molecule has 0 saturated carbocycles. The van der Waals surface area contributed by atoms with E-state index in [9.17, 15) is 0 Å². The van der Waals surface area contributed by atoms with Crippen LogP contribution in [0.25, 0.3) is 55.3 Å². The smallest absolute Gasteiger partial charge is 0.0788 e. The van der Waals surface area contributed by atoms with Gasteiger partial charge in [-0.1, -0.05) is 145 Å². The highest BCUT2D eigenvalue weighted by atomic mass is 15.1. The summed E-state index contributed by atoms with van der Waals surface area (Å²) >= 11 is 0. The van der Waals surface area contributed by atoms with Gasteiger partial charge >= 0.3 is 0 Å². The van der Waals surface area contributed by atoms with Gasteiger partial charge in [0.1, 0.15) is 0 Å². The van der Waals surface area contributed by atoms with Crippen LogP contribution in [-0.2, 0) is 10.8 Å². The molecule has 55 heavy (non-hydrogen) atoms. The van der Waals surface area contributed by atoms with Crippen LogP contribution in [0.15, 0.2) is 176 Å². The molecule has 0 aliphatic carbocycles. The van der Waals surface area contributed by atoms with E-state index in [0.29, 0.717) is 0 Å². The fourth-order valence-electron chi connectivity index (χ4n) is 8.09. The molecule has 0 saturated heterocycles.